The maximum absolute atomic E-state index is 12.4. The Hall–Kier alpha value is -2.96. The molecule has 2 aromatic carbocycles. The molecule has 0 bridgehead atoms. The lowest BCUT2D eigenvalue weighted by Gasteiger charge is -2.14. The zero-order chi connectivity index (χ0) is 19.9. The Morgan fingerprint density at radius 3 is 2.56 bits per heavy atom. The number of anilines is 1. The van der Waals surface area contributed by atoms with Gasteiger partial charge in [0.05, 0.1) is 12.3 Å². The van der Waals surface area contributed by atoms with Crippen molar-refractivity contribution in [3.05, 3.63) is 59.7 Å². The van der Waals surface area contributed by atoms with E-state index >= 15 is 0 Å². The van der Waals surface area contributed by atoms with Gasteiger partial charge in [-0.15, -0.1) is 0 Å². The largest absolute Gasteiger partial charge is 0.493 e. The molecule has 0 atom stereocenters. The molecule has 144 valence electrons. The minimum Gasteiger partial charge on any atom is -0.493 e. The van der Waals surface area contributed by atoms with Crippen molar-refractivity contribution in [3.8, 4) is 11.5 Å². The van der Waals surface area contributed by atoms with Crippen LogP contribution in [0, 0.1) is 6.92 Å². The number of para-hydroxylation sites is 1. The third kappa shape index (κ3) is 6.69. The van der Waals surface area contributed by atoms with Crippen molar-refractivity contribution in [1.82, 2.24) is 0 Å². The first-order chi connectivity index (χ1) is 12.8. The van der Waals surface area contributed by atoms with E-state index < -0.39 is 18.7 Å². The van der Waals surface area contributed by atoms with E-state index in [1.165, 1.54) is 18.2 Å². The van der Waals surface area contributed by atoms with Crippen molar-refractivity contribution in [2.45, 2.75) is 20.0 Å². The van der Waals surface area contributed by atoms with Gasteiger partial charge in [-0.25, -0.2) is 0 Å². The molecule has 0 unspecified atom stereocenters. The molecule has 4 nitrogen and oxygen atoms in total. The van der Waals surface area contributed by atoms with E-state index in [0.717, 1.165) is 0 Å². The topological polar surface area (TPSA) is 47.6 Å². The minimum atomic E-state index is -4.46. The van der Waals surface area contributed by atoms with Gasteiger partial charge in [0.1, 0.15) is 11.5 Å². The van der Waals surface area contributed by atoms with Gasteiger partial charge in [0.2, 0.25) is 5.91 Å². The van der Waals surface area contributed by atoms with Crippen LogP contribution in [-0.4, -0.2) is 25.3 Å². The van der Waals surface area contributed by atoms with Crippen LogP contribution in [0.4, 0.5) is 18.9 Å². The smallest absolute Gasteiger partial charge is 0.422 e. The lowest BCUT2D eigenvalue weighted by molar-refractivity contribution is -0.153. The van der Waals surface area contributed by atoms with Crippen molar-refractivity contribution in [2.24, 2.45) is 0 Å². The molecule has 0 aliphatic rings. The molecule has 0 spiro atoms. The molecule has 27 heavy (non-hydrogen) atoms. The van der Waals surface area contributed by atoms with Crippen LogP contribution < -0.4 is 14.8 Å². The summed E-state index contributed by atoms with van der Waals surface area (Å²) in [5.41, 5.74) is 1.59. The van der Waals surface area contributed by atoms with Gasteiger partial charge in [-0.1, -0.05) is 24.3 Å². The molecule has 0 aliphatic carbocycles. The van der Waals surface area contributed by atoms with Crippen molar-refractivity contribution < 1.29 is 27.4 Å². The van der Waals surface area contributed by atoms with E-state index in [1.807, 2.05) is 19.1 Å². The highest BCUT2D eigenvalue weighted by Crippen LogP contribution is 2.28. The van der Waals surface area contributed by atoms with E-state index in [2.05, 4.69) is 5.32 Å². The monoisotopic (exact) mass is 379 g/mol. The van der Waals surface area contributed by atoms with Crippen LogP contribution in [0.15, 0.2) is 48.5 Å². The summed E-state index contributed by atoms with van der Waals surface area (Å²) in [6.45, 7) is 2.63. The van der Waals surface area contributed by atoms with Crippen LogP contribution in [0.25, 0.3) is 6.08 Å². The first-order valence-corrected chi connectivity index (χ1v) is 8.29. The summed E-state index contributed by atoms with van der Waals surface area (Å²) < 4.78 is 47.5. The van der Waals surface area contributed by atoms with E-state index in [0.29, 0.717) is 23.5 Å². The highest BCUT2D eigenvalue weighted by Gasteiger charge is 2.29. The Morgan fingerprint density at radius 2 is 1.85 bits per heavy atom. The Bertz CT molecular complexity index is 816. The quantitative estimate of drug-likeness (QED) is 0.690. The van der Waals surface area contributed by atoms with Gasteiger partial charge in [-0.3, -0.25) is 4.79 Å². The number of benzene rings is 2. The molecule has 1 N–H and O–H groups in total. The number of hydrogen-bond acceptors (Lipinski definition) is 3. The zero-order valence-electron chi connectivity index (χ0n) is 15.0. The normalized spacial score (nSPS) is 11.4. The van der Waals surface area contributed by atoms with Gasteiger partial charge in [0, 0.05) is 11.6 Å². The number of nitrogens with one attached hydrogen (secondary N) is 1. The van der Waals surface area contributed by atoms with Gasteiger partial charge in [-0.05, 0) is 43.7 Å². The number of amides is 1. The van der Waals surface area contributed by atoms with Crippen LogP contribution >= 0.6 is 0 Å². The molecule has 2 aromatic rings. The van der Waals surface area contributed by atoms with Gasteiger partial charge < -0.3 is 14.8 Å². The SMILES string of the molecule is CCOc1ccccc1C=CC(=O)Nc1ccc(C)cc1OCC(F)(F)F. The summed E-state index contributed by atoms with van der Waals surface area (Å²) in [6.07, 6.45) is -1.61. The number of carbonyl (C=O) groups excluding carboxylic acids is 1. The fourth-order valence-corrected chi connectivity index (χ4v) is 2.26. The number of halogens is 3. The van der Waals surface area contributed by atoms with Crippen molar-refractivity contribution in [3.63, 3.8) is 0 Å². The molecule has 0 saturated heterocycles. The first kappa shape index (κ1) is 20.4. The van der Waals surface area contributed by atoms with E-state index in [4.69, 9.17) is 9.47 Å². The summed E-state index contributed by atoms with van der Waals surface area (Å²) in [7, 11) is 0. The Morgan fingerprint density at radius 1 is 1.11 bits per heavy atom. The predicted molar refractivity (Wildman–Crippen MR) is 98.0 cm³/mol. The molecular formula is C20H20F3NO3. The van der Waals surface area contributed by atoms with Crippen LogP contribution in [0.5, 0.6) is 11.5 Å². The average molecular weight is 379 g/mol. The Balaban J connectivity index is 2.11. The lowest BCUT2D eigenvalue weighted by Crippen LogP contribution is -2.20. The maximum Gasteiger partial charge on any atom is 0.422 e. The third-order valence-electron chi connectivity index (χ3n) is 3.42. The zero-order valence-corrected chi connectivity index (χ0v) is 15.0. The third-order valence-corrected chi connectivity index (χ3v) is 3.42. The fraction of sp³-hybridized carbons (Fsp3) is 0.250. The highest BCUT2D eigenvalue weighted by molar-refractivity contribution is 6.03. The van der Waals surface area contributed by atoms with Crippen molar-refractivity contribution in [2.75, 3.05) is 18.5 Å². The van der Waals surface area contributed by atoms with E-state index in [9.17, 15) is 18.0 Å². The lowest BCUT2D eigenvalue weighted by atomic mass is 10.2. The molecular weight excluding hydrogens is 359 g/mol. The second-order valence-corrected chi connectivity index (χ2v) is 5.70. The summed E-state index contributed by atoms with van der Waals surface area (Å²) in [5, 5.41) is 2.54. The average Bonchev–Trinajstić information content (AvgIpc) is 2.61. The van der Waals surface area contributed by atoms with Gasteiger partial charge in [0.25, 0.3) is 0 Å². The minimum absolute atomic E-state index is 0.0382. The molecule has 7 heteroatoms. The van der Waals surface area contributed by atoms with Crippen LogP contribution in [0.1, 0.15) is 18.1 Å². The molecule has 0 aromatic heterocycles. The number of ether oxygens (including phenoxy) is 2. The van der Waals surface area contributed by atoms with Gasteiger partial charge in [-0.2, -0.15) is 13.2 Å². The molecule has 0 saturated carbocycles. The Labute approximate surface area is 155 Å². The summed E-state index contributed by atoms with van der Waals surface area (Å²) in [5.74, 6) is 0.0967. The fourth-order valence-electron chi connectivity index (χ4n) is 2.26. The highest BCUT2D eigenvalue weighted by atomic mass is 19.4. The number of carbonyl (C=O) groups is 1. The summed E-state index contributed by atoms with van der Waals surface area (Å²) in [6, 6.07) is 11.8. The molecule has 0 aliphatic heterocycles. The van der Waals surface area contributed by atoms with Crippen molar-refractivity contribution >= 4 is 17.7 Å². The number of hydrogen-bond donors (Lipinski definition) is 1. The summed E-state index contributed by atoms with van der Waals surface area (Å²) >= 11 is 0. The molecule has 0 heterocycles. The van der Waals surface area contributed by atoms with Gasteiger partial charge >= 0.3 is 6.18 Å². The number of alkyl halides is 3. The van der Waals surface area contributed by atoms with Crippen molar-refractivity contribution in [1.29, 1.82) is 0 Å². The predicted octanol–water partition coefficient (Wildman–Crippen LogP) is 4.99. The van der Waals surface area contributed by atoms with Gasteiger partial charge in [0.15, 0.2) is 6.61 Å². The van der Waals surface area contributed by atoms with Crippen LogP contribution in [-0.2, 0) is 4.79 Å². The van der Waals surface area contributed by atoms with E-state index in [-0.39, 0.29) is 11.4 Å². The summed E-state index contributed by atoms with van der Waals surface area (Å²) in [4.78, 5) is 12.2. The Kier molecular flexibility index (Phi) is 6.87. The second-order valence-electron chi connectivity index (χ2n) is 5.70. The molecule has 2 rings (SSSR count). The standard InChI is InChI=1S/C20H20F3NO3/c1-3-26-17-7-5-4-6-15(17)9-11-19(25)24-16-10-8-14(2)12-18(16)27-13-20(21,22)23/h4-12H,3,13H2,1-2H3,(H,24,25). The van der Waals surface area contributed by atoms with E-state index in [1.54, 1.807) is 31.2 Å². The molecule has 1 amide bonds. The molecule has 0 radical (unpaired) electrons. The van der Waals surface area contributed by atoms with Crippen LogP contribution in [0.2, 0.25) is 0 Å². The number of rotatable bonds is 7. The van der Waals surface area contributed by atoms with Crippen LogP contribution in [0.3, 0.4) is 0 Å². The maximum atomic E-state index is 12.4. The second kappa shape index (κ2) is 9.12. The first-order valence-electron chi connectivity index (χ1n) is 8.29. The molecule has 0 fully saturated rings. The number of aryl methyl sites for hydroxylation is 1.